The van der Waals surface area contributed by atoms with E-state index in [1.54, 1.807) is 0 Å². The predicted molar refractivity (Wildman–Crippen MR) is 441 cm³/mol. The number of benzene rings is 3. The van der Waals surface area contributed by atoms with Gasteiger partial charge in [0.05, 0.1) is 65.1 Å². The number of methoxy groups -OCH3 is 2. The van der Waals surface area contributed by atoms with Gasteiger partial charge < -0.3 is 64.5 Å². The van der Waals surface area contributed by atoms with Crippen LogP contribution in [0.25, 0.3) is 0 Å². The first-order valence-corrected chi connectivity index (χ1v) is 42.7. The third kappa shape index (κ3) is 26.3. The SMILES string of the molecule is COC(=O)CC(CC1CCN(C(=O)C(F)(F)F)CC1)c1ccc2c(c1)OCC2.COC(=O)CC(CC1CCN(C(=O)CCc2ccc3c(n2)NCCC3)CC1)c1ccc2c(c1)OCC2.ClCCl.O=C(O)CC(CC1CCN(C(=O)CCc2ccc3c(n2)NCCC3)CC1)c1ccc2c(c1)OCC2.O=C(O)CCc1ccc2c(n1)NCCC2. The molecule has 3 aromatic carbocycles. The van der Waals surface area contributed by atoms with Crippen molar-refractivity contribution in [2.24, 2.45) is 17.8 Å². The maximum Gasteiger partial charge on any atom is 0.471 e. The molecule has 12 heterocycles. The molecule has 9 aliphatic heterocycles. The first-order chi connectivity index (χ1) is 56.6. The number of halogens is 5. The summed E-state index contributed by atoms with van der Waals surface area (Å²) in [6.07, 6.45) is 15.4. The van der Waals surface area contributed by atoms with E-state index >= 15 is 0 Å². The van der Waals surface area contributed by atoms with Crippen LogP contribution in [0.4, 0.5) is 30.6 Å². The molecule has 632 valence electrons. The van der Waals surface area contributed by atoms with Crippen LogP contribution in [-0.4, -0.2) is 186 Å². The van der Waals surface area contributed by atoms with E-state index in [2.05, 4.69) is 75.5 Å². The summed E-state index contributed by atoms with van der Waals surface area (Å²) < 4.78 is 64.7. The topological polar surface area (TPSA) is 291 Å². The third-order valence-electron chi connectivity index (χ3n) is 23.8. The van der Waals surface area contributed by atoms with Crippen LogP contribution in [0.1, 0.15) is 200 Å². The highest BCUT2D eigenvalue weighted by atomic mass is 35.5. The highest BCUT2D eigenvalue weighted by molar-refractivity contribution is 6.40. The Morgan fingerprint density at radius 3 is 1.09 bits per heavy atom. The summed E-state index contributed by atoms with van der Waals surface area (Å²) in [5.74, 6) is 3.18. The molecule has 0 saturated carbocycles. The van der Waals surface area contributed by atoms with Gasteiger partial charge in [0.1, 0.15) is 34.7 Å². The van der Waals surface area contributed by atoms with Gasteiger partial charge in [-0.15, -0.1) is 23.2 Å². The van der Waals surface area contributed by atoms with Crippen LogP contribution in [0.15, 0.2) is 91.0 Å². The van der Waals surface area contributed by atoms with Gasteiger partial charge in [0.15, 0.2) is 0 Å². The second-order valence-corrected chi connectivity index (χ2v) is 32.6. The molecule has 23 nitrogen and oxygen atoms in total. The number of aromatic nitrogens is 3. The summed E-state index contributed by atoms with van der Waals surface area (Å²) in [4.78, 5) is 102. The lowest BCUT2D eigenvalue weighted by Crippen LogP contribution is -2.45. The number of fused-ring (bicyclic) bond motifs is 6. The molecule has 0 spiro atoms. The van der Waals surface area contributed by atoms with Crippen molar-refractivity contribution in [2.75, 3.05) is 114 Å². The van der Waals surface area contributed by atoms with Crippen LogP contribution in [-0.2, 0) is 101 Å². The van der Waals surface area contributed by atoms with E-state index in [4.69, 9.17) is 62.0 Å². The molecule has 0 bridgehead atoms. The summed E-state index contributed by atoms with van der Waals surface area (Å²) in [6, 6.07) is 30.9. The molecule has 3 fully saturated rings. The number of amides is 3. The van der Waals surface area contributed by atoms with Gasteiger partial charge in [-0.3, -0.25) is 33.6 Å². The number of rotatable bonds is 24. The molecule has 117 heavy (non-hydrogen) atoms. The predicted octanol–water partition coefficient (Wildman–Crippen LogP) is 14.8. The van der Waals surface area contributed by atoms with Crippen LogP contribution in [0.5, 0.6) is 17.2 Å². The number of aliphatic carboxylic acids is 2. The molecule has 9 aliphatic rings. The third-order valence-corrected chi connectivity index (χ3v) is 23.8. The molecular weight excluding hydrogens is 1550 g/mol. The number of likely N-dealkylation sites (tertiary alicyclic amines) is 3. The Morgan fingerprint density at radius 2 is 0.769 bits per heavy atom. The van der Waals surface area contributed by atoms with Crippen molar-refractivity contribution >= 4 is 82.3 Å². The van der Waals surface area contributed by atoms with E-state index in [1.165, 1.54) is 42.0 Å². The standard InChI is InChI=1S/C29H37N3O4.C28H35N3O4.C20H24F3NO4.C11H14N2O2.CH2Cl2/c1-35-28(34)19-24(23-5-4-21-12-16-36-26(21)18-23)17-20-10-14-32(15-11-20)27(33)9-8-25-7-6-22-3-2-13-30-29(22)31-25;32-26(8-7-24-6-5-21-2-1-12-29-28(21)30-24)31-13-9-19(10-14-31)16-23(18-27(33)34)22-4-3-20-11-15-35-25(20)17-22;1-27-18(25)12-16(15-3-2-14-6-9-28-17(14)11-15)10-13-4-7-24(8-5-13)19(26)20(21,22)23;14-10(15)6-5-9-4-3-8-2-1-7-12-11(8)13-9;2-1-3/h4-7,18,20,24H,2-3,8-17,19H2,1H3,(H,30,31);3-6,17,19,23H,1-2,7-16,18H2,(H,29,30)(H,33,34);2-3,11,13,16H,4-10,12H2,1H3;3-4H,1-2,5-7H2,(H,12,13)(H,14,15);1H2. The summed E-state index contributed by atoms with van der Waals surface area (Å²) in [7, 11) is 2.79. The number of carbonyl (C=O) groups excluding carboxylic acids is 5. The van der Waals surface area contributed by atoms with Crippen LogP contribution in [0.3, 0.4) is 0 Å². The summed E-state index contributed by atoms with van der Waals surface area (Å²) >= 11 is 9.53. The zero-order chi connectivity index (χ0) is 82.8. The van der Waals surface area contributed by atoms with E-state index in [0.717, 1.165) is 228 Å². The molecule has 15 rings (SSSR count). The number of piperidine rings is 3. The monoisotopic (exact) mass is 1660 g/mol. The molecule has 3 unspecified atom stereocenters. The molecule has 3 aromatic heterocycles. The van der Waals surface area contributed by atoms with Crippen LogP contribution in [0.2, 0.25) is 0 Å². The fourth-order valence-corrected chi connectivity index (χ4v) is 17.2. The number of carboxylic acids is 2. The van der Waals surface area contributed by atoms with E-state index in [-0.39, 0.29) is 85.1 Å². The highest BCUT2D eigenvalue weighted by Crippen LogP contribution is 2.41. The smallest absolute Gasteiger partial charge is 0.471 e. The van der Waals surface area contributed by atoms with Gasteiger partial charge in [-0.2, -0.15) is 13.2 Å². The van der Waals surface area contributed by atoms with E-state index in [9.17, 15) is 51.8 Å². The second-order valence-electron chi connectivity index (χ2n) is 31.8. The van der Waals surface area contributed by atoms with Crippen molar-refractivity contribution in [3.63, 3.8) is 0 Å². The molecular formula is C89H112Cl2F3N9O14. The summed E-state index contributed by atoms with van der Waals surface area (Å²) in [5.41, 5.74) is 13.3. The van der Waals surface area contributed by atoms with Crippen molar-refractivity contribution < 1.29 is 80.6 Å². The van der Waals surface area contributed by atoms with Crippen molar-refractivity contribution in [3.05, 3.63) is 158 Å². The van der Waals surface area contributed by atoms with Gasteiger partial charge in [-0.25, -0.2) is 15.0 Å². The number of carbonyl (C=O) groups is 7. The minimum Gasteiger partial charge on any atom is -0.493 e. The lowest BCUT2D eigenvalue weighted by atomic mass is 9.82. The van der Waals surface area contributed by atoms with E-state index < -0.39 is 24.0 Å². The second kappa shape index (κ2) is 43.9. The number of anilines is 3. The molecule has 3 saturated heterocycles. The number of pyridine rings is 3. The lowest BCUT2D eigenvalue weighted by molar-refractivity contribution is -0.186. The molecule has 0 radical (unpaired) electrons. The largest absolute Gasteiger partial charge is 0.493 e. The average molecular weight is 1660 g/mol. The Hall–Kier alpha value is -9.43. The van der Waals surface area contributed by atoms with Gasteiger partial charge in [0, 0.05) is 115 Å². The Labute approximate surface area is 693 Å². The molecule has 3 amide bonds. The fraction of sp³-hybridized carbons (Fsp3) is 0.551. The number of alkyl halides is 5. The lowest BCUT2D eigenvalue weighted by Gasteiger charge is -2.34. The van der Waals surface area contributed by atoms with Gasteiger partial charge >= 0.3 is 36.0 Å². The number of ether oxygens (including phenoxy) is 5. The van der Waals surface area contributed by atoms with Gasteiger partial charge in [0.25, 0.3) is 0 Å². The normalized spacial score (nSPS) is 17.3. The molecule has 5 N–H and O–H groups in total. The molecule has 3 atom stereocenters. The molecule has 6 aromatic rings. The van der Waals surface area contributed by atoms with Crippen LogP contribution >= 0.6 is 23.2 Å². The number of aryl methyl sites for hydroxylation is 6. The Kier molecular flexibility index (Phi) is 33.1. The van der Waals surface area contributed by atoms with Crippen molar-refractivity contribution in [2.45, 2.75) is 197 Å². The first kappa shape index (κ1) is 88.4. The van der Waals surface area contributed by atoms with Gasteiger partial charge in [-0.05, 0) is 231 Å². The van der Waals surface area contributed by atoms with Crippen molar-refractivity contribution in [1.29, 1.82) is 0 Å². The zero-order valence-corrected chi connectivity index (χ0v) is 68.8. The van der Waals surface area contributed by atoms with Crippen molar-refractivity contribution in [1.82, 2.24) is 29.7 Å². The fourth-order valence-electron chi connectivity index (χ4n) is 17.2. The van der Waals surface area contributed by atoms with Crippen molar-refractivity contribution in [3.8, 4) is 17.2 Å². The van der Waals surface area contributed by atoms with Crippen LogP contribution in [0, 0.1) is 17.8 Å². The van der Waals surface area contributed by atoms with Gasteiger partial charge in [-0.1, -0.05) is 54.6 Å². The molecule has 28 heteroatoms. The number of nitrogens with one attached hydrogen (secondary N) is 3. The van der Waals surface area contributed by atoms with E-state index in [1.807, 2.05) is 46.2 Å². The summed E-state index contributed by atoms with van der Waals surface area (Å²) in [6.45, 7) is 8.19. The number of hydrogen-bond donors (Lipinski definition) is 5. The van der Waals surface area contributed by atoms with Crippen LogP contribution < -0.4 is 30.2 Å². The molecule has 0 aliphatic carbocycles. The zero-order valence-electron chi connectivity index (χ0n) is 67.3. The first-order valence-electron chi connectivity index (χ1n) is 41.6. The minimum atomic E-state index is -4.83. The Balaban J connectivity index is 0.000000157. The maximum absolute atomic E-state index is 12.9. The minimum absolute atomic E-state index is 0.0297. The number of hydrogen-bond acceptors (Lipinski definition) is 18. The van der Waals surface area contributed by atoms with Gasteiger partial charge in [0.2, 0.25) is 11.8 Å². The Morgan fingerprint density at radius 1 is 0.453 bits per heavy atom. The Bertz CT molecular complexity index is 4360. The number of nitrogens with zero attached hydrogens (tertiary/aromatic N) is 6. The maximum atomic E-state index is 12.9. The average Bonchev–Trinajstić information content (AvgIpc) is 1.82. The number of carboxylic acid groups (broad SMARTS) is 2. The highest BCUT2D eigenvalue weighted by Gasteiger charge is 2.44. The quantitative estimate of drug-likeness (QED) is 0.0278. The van der Waals surface area contributed by atoms with E-state index in [0.29, 0.717) is 82.8 Å². The number of esters is 2. The summed E-state index contributed by atoms with van der Waals surface area (Å²) in [5, 5.41) is 28.2.